The number of piperidine rings is 1. The van der Waals surface area contributed by atoms with Gasteiger partial charge in [-0.15, -0.1) is 0 Å². The molecule has 0 spiro atoms. The maximum Gasteiger partial charge on any atom is 0.243 e. The molecule has 1 N–H and O–H groups in total. The van der Waals surface area contributed by atoms with E-state index in [0.717, 1.165) is 29.7 Å². The highest BCUT2D eigenvalue weighted by Crippen LogP contribution is 2.27. The van der Waals surface area contributed by atoms with Gasteiger partial charge in [0.05, 0.1) is 4.90 Å². The van der Waals surface area contributed by atoms with E-state index in [4.69, 9.17) is 0 Å². The van der Waals surface area contributed by atoms with Crippen molar-refractivity contribution in [3.8, 4) is 0 Å². The summed E-state index contributed by atoms with van der Waals surface area (Å²) in [5, 5.41) is 2.94. The van der Waals surface area contributed by atoms with Gasteiger partial charge in [-0.1, -0.05) is 42.3 Å². The number of hydrogen-bond acceptors (Lipinski definition) is 3. The summed E-state index contributed by atoms with van der Waals surface area (Å²) in [7, 11) is -3.59. The van der Waals surface area contributed by atoms with E-state index in [0.29, 0.717) is 13.0 Å². The first-order chi connectivity index (χ1) is 12.9. The van der Waals surface area contributed by atoms with Gasteiger partial charge in [-0.25, -0.2) is 8.42 Å². The highest BCUT2D eigenvalue weighted by molar-refractivity contribution is 7.89. The SMILES string of the molecule is Cc1ccc(NC(=O)C[C@H]2CCCCN2S(=O)(=O)c2ccccc2)c(C)c1. The molecule has 0 aliphatic carbocycles. The Balaban J connectivity index is 1.75. The van der Waals surface area contributed by atoms with Crippen LogP contribution in [0.4, 0.5) is 5.69 Å². The molecule has 6 heteroatoms. The van der Waals surface area contributed by atoms with Gasteiger partial charge in [-0.3, -0.25) is 4.79 Å². The van der Waals surface area contributed by atoms with Gasteiger partial charge in [0.15, 0.2) is 0 Å². The van der Waals surface area contributed by atoms with E-state index in [2.05, 4.69) is 5.32 Å². The lowest BCUT2D eigenvalue weighted by Gasteiger charge is -2.34. The van der Waals surface area contributed by atoms with Crippen molar-refractivity contribution in [2.75, 3.05) is 11.9 Å². The fraction of sp³-hybridized carbons (Fsp3) is 0.381. The molecule has 0 bridgehead atoms. The summed E-state index contributed by atoms with van der Waals surface area (Å²) in [5.41, 5.74) is 2.91. The topological polar surface area (TPSA) is 66.5 Å². The summed E-state index contributed by atoms with van der Waals surface area (Å²) in [6.45, 7) is 4.42. The maximum atomic E-state index is 13.0. The third-order valence-corrected chi connectivity index (χ3v) is 6.97. The quantitative estimate of drug-likeness (QED) is 0.848. The van der Waals surface area contributed by atoms with Gasteiger partial charge in [-0.2, -0.15) is 4.31 Å². The van der Waals surface area contributed by atoms with Crippen LogP contribution in [0.1, 0.15) is 36.8 Å². The molecular formula is C21H26N2O3S. The minimum atomic E-state index is -3.59. The molecule has 1 atom stereocenters. The Labute approximate surface area is 161 Å². The summed E-state index contributed by atoms with van der Waals surface area (Å²) >= 11 is 0. The number of aryl methyl sites for hydroxylation is 2. The van der Waals surface area contributed by atoms with Crippen LogP contribution >= 0.6 is 0 Å². The van der Waals surface area contributed by atoms with Crippen molar-refractivity contribution in [1.29, 1.82) is 0 Å². The Bertz CT molecular complexity index is 910. The van der Waals surface area contributed by atoms with Crippen molar-refractivity contribution in [1.82, 2.24) is 4.31 Å². The standard InChI is InChI=1S/C21H26N2O3S/c1-16-11-12-20(17(2)14-16)22-21(24)15-18-8-6-7-13-23(18)27(25,26)19-9-4-3-5-10-19/h3-5,9-12,14,18H,6-8,13,15H2,1-2H3,(H,22,24)/t18-/m1/s1. The van der Waals surface area contributed by atoms with E-state index < -0.39 is 10.0 Å². The lowest BCUT2D eigenvalue weighted by atomic mass is 10.0. The molecule has 1 fully saturated rings. The van der Waals surface area contributed by atoms with Crippen molar-refractivity contribution in [3.05, 3.63) is 59.7 Å². The van der Waals surface area contributed by atoms with Gasteiger partial charge >= 0.3 is 0 Å². The molecule has 1 aliphatic heterocycles. The van der Waals surface area contributed by atoms with Crippen LogP contribution in [0.3, 0.4) is 0 Å². The summed E-state index contributed by atoms with van der Waals surface area (Å²) in [5.74, 6) is -0.151. The smallest absolute Gasteiger partial charge is 0.243 e. The number of amides is 1. The van der Waals surface area contributed by atoms with Gasteiger partial charge in [-0.05, 0) is 50.5 Å². The zero-order valence-electron chi connectivity index (χ0n) is 15.8. The van der Waals surface area contributed by atoms with E-state index in [1.165, 1.54) is 4.31 Å². The average Bonchev–Trinajstić information content (AvgIpc) is 2.65. The van der Waals surface area contributed by atoms with Gasteiger partial charge in [0, 0.05) is 24.7 Å². The van der Waals surface area contributed by atoms with Crippen molar-refractivity contribution < 1.29 is 13.2 Å². The molecular weight excluding hydrogens is 360 g/mol. The largest absolute Gasteiger partial charge is 0.326 e. The van der Waals surface area contributed by atoms with E-state index in [1.807, 2.05) is 32.0 Å². The molecule has 0 radical (unpaired) electrons. The van der Waals surface area contributed by atoms with Crippen molar-refractivity contribution >= 4 is 21.6 Å². The summed E-state index contributed by atoms with van der Waals surface area (Å²) in [6.07, 6.45) is 2.62. The molecule has 27 heavy (non-hydrogen) atoms. The van der Waals surface area contributed by atoms with E-state index in [1.54, 1.807) is 30.3 Å². The van der Waals surface area contributed by atoms with Crippen LogP contribution in [-0.4, -0.2) is 31.2 Å². The Morgan fingerprint density at radius 2 is 1.85 bits per heavy atom. The van der Waals surface area contributed by atoms with E-state index in [-0.39, 0.29) is 23.3 Å². The van der Waals surface area contributed by atoms with Crippen LogP contribution < -0.4 is 5.32 Å². The molecule has 1 amide bonds. The monoisotopic (exact) mass is 386 g/mol. The molecule has 1 heterocycles. The summed E-state index contributed by atoms with van der Waals surface area (Å²) < 4.78 is 27.6. The summed E-state index contributed by atoms with van der Waals surface area (Å²) in [6, 6.07) is 14.0. The predicted molar refractivity (Wildman–Crippen MR) is 107 cm³/mol. The van der Waals surface area contributed by atoms with Gasteiger partial charge < -0.3 is 5.32 Å². The number of anilines is 1. The zero-order chi connectivity index (χ0) is 19.4. The molecule has 144 valence electrons. The molecule has 3 rings (SSSR count). The van der Waals surface area contributed by atoms with Crippen molar-refractivity contribution in [2.24, 2.45) is 0 Å². The Hall–Kier alpha value is -2.18. The summed E-state index contributed by atoms with van der Waals surface area (Å²) in [4.78, 5) is 12.9. The molecule has 5 nitrogen and oxygen atoms in total. The number of nitrogens with one attached hydrogen (secondary N) is 1. The van der Waals surface area contributed by atoms with E-state index in [9.17, 15) is 13.2 Å². The Kier molecular flexibility index (Phi) is 5.97. The average molecular weight is 387 g/mol. The second-order valence-electron chi connectivity index (χ2n) is 7.15. The van der Waals surface area contributed by atoms with Crippen LogP contribution in [-0.2, 0) is 14.8 Å². The first-order valence-electron chi connectivity index (χ1n) is 9.32. The first-order valence-corrected chi connectivity index (χ1v) is 10.8. The van der Waals surface area contributed by atoms with E-state index >= 15 is 0 Å². The Morgan fingerprint density at radius 1 is 1.11 bits per heavy atom. The zero-order valence-corrected chi connectivity index (χ0v) is 16.6. The minimum Gasteiger partial charge on any atom is -0.326 e. The number of carbonyl (C=O) groups excluding carboxylic acids is 1. The molecule has 0 unspecified atom stereocenters. The fourth-order valence-corrected chi connectivity index (χ4v) is 5.31. The number of hydrogen-bond donors (Lipinski definition) is 1. The molecule has 0 aromatic heterocycles. The fourth-order valence-electron chi connectivity index (χ4n) is 3.59. The maximum absolute atomic E-state index is 13.0. The van der Waals surface area contributed by atoms with Crippen LogP contribution in [0.2, 0.25) is 0 Å². The van der Waals surface area contributed by atoms with Crippen molar-refractivity contribution in [2.45, 2.75) is 50.5 Å². The molecule has 1 saturated heterocycles. The number of rotatable bonds is 5. The van der Waals surface area contributed by atoms with Crippen LogP contribution in [0.5, 0.6) is 0 Å². The second-order valence-corrected chi connectivity index (χ2v) is 9.04. The number of carbonyl (C=O) groups is 1. The molecule has 1 aliphatic rings. The third-order valence-electron chi connectivity index (χ3n) is 5.00. The van der Waals surface area contributed by atoms with Gasteiger partial charge in [0.1, 0.15) is 0 Å². The normalized spacial score (nSPS) is 18.2. The molecule has 2 aromatic rings. The number of nitrogens with zero attached hydrogens (tertiary/aromatic N) is 1. The highest BCUT2D eigenvalue weighted by atomic mass is 32.2. The van der Waals surface area contributed by atoms with Gasteiger partial charge in [0.2, 0.25) is 15.9 Å². The lowest BCUT2D eigenvalue weighted by Crippen LogP contribution is -2.45. The predicted octanol–water partition coefficient (Wildman–Crippen LogP) is 3.88. The molecule has 2 aromatic carbocycles. The van der Waals surface area contributed by atoms with Crippen LogP contribution in [0.15, 0.2) is 53.4 Å². The highest BCUT2D eigenvalue weighted by Gasteiger charge is 2.34. The van der Waals surface area contributed by atoms with Crippen LogP contribution in [0, 0.1) is 13.8 Å². The van der Waals surface area contributed by atoms with Crippen LogP contribution in [0.25, 0.3) is 0 Å². The third kappa shape index (κ3) is 4.57. The molecule has 0 saturated carbocycles. The number of sulfonamides is 1. The van der Waals surface area contributed by atoms with Crippen molar-refractivity contribution in [3.63, 3.8) is 0 Å². The van der Waals surface area contributed by atoms with Gasteiger partial charge in [0.25, 0.3) is 0 Å². The minimum absolute atomic E-state index is 0.151. The second kappa shape index (κ2) is 8.23. The first kappa shape index (κ1) is 19.6. The Morgan fingerprint density at radius 3 is 2.56 bits per heavy atom. The number of benzene rings is 2. The lowest BCUT2D eigenvalue weighted by molar-refractivity contribution is -0.117.